The number of rotatable bonds is 6. The lowest BCUT2D eigenvalue weighted by molar-refractivity contribution is 0.392. The molecule has 3 rings (SSSR count). The molecule has 0 amide bonds. The van der Waals surface area contributed by atoms with E-state index in [1.54, 1.807) is 6.26 Å². The predicted molar refractivity (Wildman–Crippen MR) is 113 cm³/mol. The molecule has 0 unspecified atom stereocenters. The summed E-state index contributed by atoms with van der Waals surface area (Å²) in [6, 6.07) is 4.42. The molecule has 2 aromatic heterocycles. The van der Waals surface area contributed by atoms with Gasteiger partial charge in [0.2, 0.25) is 0 Å². The second-order valence-corrected chi connectivity index (χ2v) is 6.70. The van der Waals surface area contributed by atoms with Gasteiger partial charge in [0.1, 0.15) is 11.5 Å². The molecule has 6 nitrogen and oxygen atoms in total. The summed E-state index contributed by atoms with van der Waals surface area (Å²) in [5, 5.41) is 11.0. The topological polar surface area (TPSA) is 75.6 Å². The van der Waals surface area contributed by atoms with Gasteiger partial charge in [-0.05, 0) is 38.8 Å². The molecule has 144 valence electrons. The van der Waals surface area contributed by atoms with Gasteiger partial charge in [0.15, 0.2) is 5.96 Å². The molecule has 26 heavy (non-hydrogen) atoms. The highest BCUT2D eigenvalue weighted by molar-refractivity contribution is 14.0. The summed E-state index contributed by atoms with van der Waals surface area (Å²) < 4.78 is 10.6. The Morgan fingerprint density at radius 3 is 2.73 bits per heavy atom. The van der Waals surface area contributed by atoms with E-state index in [-0.39, 0.29) is 24.0 Å². The first kappa shape index (κ1) is 20.8. The van der Waals surface area contributed by atoms with Crippen molar-refractivity contribution in [3.05, 3.63) is 41.2 Å². The van der Waals surface area contributed by atoms with Crippen molar-refractivity contribution in [2.24, 2.45) is 4.99 Å². The van der Waals surface area contributed by atoms with Crippen molar-refractivity contribution in [1.82, 2.24) is 15.8 Å². The molecule has 2 heterocycles. The molecule has 1 aliphatic rings. The molecule has 0 aliphatic heterocycles. The largest absolute Gasteiger partial charge is 0.469 e. The van der Waals surface area contributed by atoms with E-state index < -0.39 is 0 Å². The molecule has 2 N–H and O–H groups in total. The number of hydrogen-bond acceptors (Lipinski definition) is 4. The number of halogens is 1. The first-order valence-corrected chi connectivity index (χ1v) is 9.21. The van der Waals surface area contributed by atoms with Gasteiger partial charge in [0.05, 0.1) is 18.5 Å². The van der Waals surface area contributed by atoms with Gasteiger partial charge in [0.25, 0.3) is 0 Å². The van der Waals surface area contributed by atoms with E-state index in [2.05, 4.69) is 15.8 Å². The van der Waals surface area contributed by atoms with Crippen LogP contribution in [-0.2, 0) is 13.0 Å². The minimum atomic E-state index is 0. The van der Waals surface area contributed by atoms with Crippen LogP contribution in [0.2, 0.25) is 0 Å². The second-order valence-electron chi connectivity index (χ2n) is 6.70. The van der Waals surface area contributed by atoms with E-state index in [4.69, 9.17) is 13.9 Å². The van der Waals surface area contributed by atoms with Crippen LogP contribution < -0.4 is 10.6 Å². The van der Waals surface area contributed by atoms with E-state index in [9.17, 15) is 0 Å². The molecule has 7 heteroatoms. The zero-order valence-electron chi connectivity index (χ0n) is 15.6. The Balaban J connectivity index is 0.00000243. The maximum Gasteiger partial charge on any atom is 0.191 e. The van der Waals surface area contributed by atoms with Crippen molar-refractivity contribution in [3.63, 3.8) is 0 Å². The molecule has 0 aromatic carbocycles. The fraction of sp³-hybridized carbons (Fsp3) is 0.579. The number of aliphatic imine (C=N–C) groups is 1. The molecule has 1 saturated carbocycles. The van der Waals surface area contributed by atoms with Gasteiger partial charge in [-0.25, -0.2) is 4.99 Å². The fourth-order valence-electron chi connectivity index (χ4n) is 3.24. The summed E-state index contributed by atoms with van der Waals surface area (Å²) in [5.74, 6) is 2.68. The van der Waals surface area contributed by atoms with Gasteiger partial charge in [0, 0.05) is 24.6 Å². The first-order chi connectivity index (χ1) is 12.2. The summed E-state index contributed by atoms with van der Waals surface area (Å²) in [7, 11) is 0. The van der Waals surface area contributed by atoms with Crippen molar-refractivity contribution in [2.45, 2.75) is 65.0 Å². The van der Waals surface area contributed by atoms with Crippen LogP contribution in [0.1, 0.15) is 54.9 Å². The Hall–Kier alpha value is -1.51. The van der Waals surface area contributed by atoms with Crippen LogP contribution in [0.5, 0.6) is 0 Å². The van der Waals surface area contributed by atoms with Gasteiger partial charge in [-0.1, -0.05) is 24.4 Å². The summed E-state index contributed by atoms with van der Waals surface area (Å²) in [6.07, 6.45) is 8.90. The third kappa shape index (κ3) is 6.03. The number of nitrogens with zero attached hydrogens (tertiary/aromatic N) is 2. The second kappa shape index (κ2) is 10.6. The average molecular weight is 472 g/mol. The standard InChI is InChI=1S/C19H28N4O2.HI/c1-14-18(15(2)25-23-14)13-21-19(22-16-7-4-3-5-8-16)20-11-10-17-9-6-12-24-17;/h6,9,12,16H,3-5,7-8,10-11,13H2,1-2H3,(H2,20,21,22);1H. The van der Waals surface area contributed by atoms with Crippen LogP contribution in [0.15, 0.2) is 32.3 Å². The molecule has 0 bridgehead atoms. The van der Waals surface area contributed by atoms with Crippen LogP contribution in [0.25, 0.3) is 0 Å². The predicted octanol–water partition coefficient (Wildman–Crippen LogP) is 4.11. The minimum absolute atomic E-state index is 0. The van der Waals surface area contributed by atoms with E-state index in [0.717, 1.165) is 41.7 Å². The Morgan fingerprint density at radius 2 is 2.08 bits per heavy atom. The van der Waals surface area contributed by atoms with Crippen molar-refractivity contribution in [2.75, 3.05) is 6.54 Å². The van der Waals surface area contributed by atoms with E-state index in [0.29, 0.717) is 12.6 Å². The van der Waals surface area contributed by atoms with Gasteiger partial charge < -0.3 is 19.6 Å². The number of aromatic nitrogens is 1. The zero-order valence-corrected chi connectivity index (χ0v) is 17.9. The van der Waals surface area contributed by atoms with Gasteiger partial charge >= 0.3 is 0 Å². The summed E-state index contributed by atoms with van der Waals surface area (Å²) >= 11 is 0. The number of hydrogen-bond donors (Lipinski definition) is 2. The van der Waals surface area contributed by atoms with Crippen molar-refractivity contribution >= 4 is 29.9 Å². The lowest BCUT2D eigenvalue weighted by atomic mass is 9.96. The maximum atomic E-state index is 5.39. The third-order valence-corrected chi connectivity index (χ3v) is 4.77. The zero-order chi connectivity index (χ0) is 17.5. The highest BCUT2D eigenvalue weighted by Gasteiger charge is 2.15. The van der Waals surface area contributed by atoms with Crippen molar-refractivity contribution in [3.8, 4) is 0 Å². The number of furan rings is 1. The van der Waals surface area contributed by atoms with Crippen LogP contribution in [0, 0.1) is 13.8 Å². The maximum absolute atomic E-state index is 5.39. The lowest BCUT2D eigenvalue weighted by Crippen LogP contribution is -2.44. The van der Waals surface area contributed by atoms with Crippen LogP contribution in [0.3, 0.4) is 0 Å². The van der Waals surface area contributed by atoms with Crippen LogP contribution in [0.4, 0.5) is 0 Å². The molecule has 0 spiro atoms. The normalized spacial score (nSPS) is 15.5. The molecule has 1 aliphatic carbocycles. The third-order valence-electron chi connectivity index (χ3n) is 4.77. The van der Waals surface area contributed by atoms with Crippen molar-refractivity contribution in [1.29, 1.82) is 0 Å². The monoisotopic (exact) mass is 472 g/mol. The van der Waals surface area contributed by atoms with Gasteiger partial charge in [-0.2, -0.15) is 0 Å². The number of guanidine groups is 1. The quantitative estimate of drug-likeness (QED) is 0.376. The van der Waals surface area contributed by atoms with Crippen molar-refractivity contribution < 1.29 is 8.94 Å². The Bertz CT molecular complexity index is 656. The summed E-state index contributed by atoms with van der Waals surface area (Å²) in [5.41, 5.74) is 1.98. The minimum Gasteiger partial charge on any atom is -0.469 e. The Morgan fingerprint density at radius 1 is 1.27 bits per heavy atom. The van der Waals surface area contributed by atoms with Gasteiger partial charge in [-0.3, -0.25) is 0 Å². The van der Waals surface area contributed by atoms with E-state index in [1.165, 1.54) is 32.1 Å². The molecule has 2 aromatic rings. The number of nitrogens with one attached hydrogen (secondary N) is 2. The van der Waals surface area contributed by atoms with E-state index in [1.807, 2.05) is 26.0 Å². The highest BCUT2D eigenvalue weighted by atomic mass is 127. The average Bonchev–Trinajstić information content (AvgIpc) is 3.24. The van der Waals surface area contributed by atoms with Crippen LogP contribution in [-0.4, -0.2) is 23.7 Å². The molecular weight excluding hydrogens is 443 g/mol. The molecule has 0 radical (unpaired) electrons. The van der Waals surface area contributed by atoms with E-state index >= 15 is 0 Å². The first-order valence-electron chi connectivity index (χ1n) is 9.21. The molecule has 0 saturated heterocycles. The molecule has 1 fully saturated rings. The fourth-order valence-corrected chi connectivity index (χ4v) is 3.24. The molecule has 0 atom stereocenters. The smallest absolute Gasteiger partial charge is 0.191 e. The van der Waals surface area contributed by atoms with Gasteiger partial charge in [-0.15, -0.1) is 24.0 Å². The highest BCUT2D eigenvalue weighted by Crippen LogP contribution is 2.17. The summed E-state index contributed by atoms with van der Waals surface area (Å²) in [4.78, 5) is 4.76. The Kier molecular flexibility index (Phi) is 8.47. The number of aryl methyl sites for hydroxylation is 2. The molecular formula is C19H29IN4O2. The van der Waals surface area contributed by atoms with Crippen LogP contribution >= 0.6 is 24.0 Å². The lowest BCUT2D eigenvalue weighted by Gasteiger charge is -2.25. The summed E-state index contributed by atoms with van der Waals surface area (Å²) in [6.45, 7) is 5.25. The SMILES string of the molecule is Cc1noc(C)c1CN=C(NCCc1ccco1)NC1CCCCC1.I. The Labute approximate surface area is 172 Å².